The van der Waals surface area contributed by atoms with Crippen molar-refractivity contribution in [1.82, 2.24) is 10.2 Å². The van der Waals surface area contributed by atoms with Gasteiger partial charge in [-0.15, -0.1) is 0 Å². The molecule has 0 radical (unpaired) electrons. The molecular formula is C19H32N2. The molecule has 2 nitrogen and oxygen atoms in total. The fourth-order valence-corrected chi connectivity index (χ4v) is 3.00. The van der Waals surface area contributed by atoms with Crippen LogP contribution < -0.4 is 5.32 Å². The average Bonchev–Trinajstić information content (AvgIpc) is 2.45. The third-order valence-electron chi connectivity index (χ3n) is 4.67. The van der Waals surface area contributed by atoms with Gasteiger partial charge in [0.05, 0.1) is 0 Å². The molecular weight excluding hydrogens is 256 g/mol. The van der Waals surface area contributed by atoms with Gasteiger partial charge in [0, 0.05) is 18.6 Å². The molecule has 0 unspecified atom stereocenters. The van der Waals surface area contributed by atoms with Crippen molar-refractivity contribution in [3.63, 3.8) is 0 Å². The highest BCUT2D eigenvalue weighted by molar-refractivity contribution is 5.27. The summed E-state index contributed by atoms with van der Waals surface area (Å²) in [6, 6.07) is 10.5. The molecule has 2 rings (SSSR count). The number of hydrogen-bond donors (Lipinski definition) is 1. The highest BCUT2D eigenvalue weighted by Gasteiger charge is 2.20. The summed E-state index contributed by atoms with van der Waals surface area (Å²) in [5.41, 5.74) is 3.06. The topological polar surface area (TPSA) is 15.3 Å². The molecule has 1 N–H and O–H groups in total. The van der Waals surface area contributed by atoms with E-state index in [2.05, 4.69) is 69.1 Å². The van der Waals surface area contributed by atoms with Crippen molar-refractivity contribution in [3.8, 4) is 0 Å². The van der Waals surface area contributed by atoms with Crippen LogP contribution in [0.4, 0.5) is 0 Å². The van der Waals surface area contributed by atoms with Crippen LogP contribution in [-0.4, -0.2) is 30.1 Å². The molecule has 1 fully saturated rings. The van der Waals surface area contributed by atoms with Crippen molar-refractivity contribution in [3.05, 3.63) is 35.4 Å². The minimum absolute atomic E-state index is 0.246. The average molecular weight is 288 g/mol. The Morgan fingerprint density at radius 2 is 1.67 bits per heavy atom. The summed E-state index contributed by atoms with van der Waals surface area (Å²) in [6.45, 7) is 14.9. The van der Waals surface area contributed by atoms with Gasteiger partial charge >= 0.3 is 0 Å². The van der Waals surface area contributed by atoms with Gasteiger partial charge in [-0.3, -0.25) is 0 Å². The number of piperidine rings is 1. The summed E-state index contributed by atoms with van der Waals surface area (Å²) < 4.78 is 0. The third kappa shape index (κ3) is 4.82. The lowest BCUT2D eigenvalue weighted by Crippen LogP contribution is -2.44. The molecule has 118 valence electrons. The minimum Gasteiger partial charge on any atom is -0.310 e. The van der Waals surface area contributed by atoms with Crippen molar-refractivity contribution in [2.24, 2.45) is 0 Å². The van der Waals surface area contributed by atoms with Crippen molar-refractivity contribution in [2.75, 3.05) is 13.1 Å². The van der Waals surface area contributed by atoms with Crippen LogP contribution in [0.25, 0.3) is 0 Å². The first kappa shape index (κ1) is 16.5. The van der Waals surface area contributed by atoms with Crippen LogP contribution in [0.5, 0.6) is 0 Å². The summed E-state index contributed by atoms with van der Waals surface area (Å²) in [4.78, 5) is 2.58. The molecule has 0 amide bonds. The van der Waals surface area contributed by atoms with Gasteiger partial charge in [0.1, 0.15) is 0 Å². The minimum atomic E-state index is 0.246. The Hall–Kier alpha value is -0.860. The molecule has 1 heterocycles. The smallest absolute Gasteiger partial charge is 0.0208 e. The summed E-state index contributed by atoms with van der Waals surface area (Å²) in [7, 11) is 0. The molecule has 1 aromatic rings. The fourth-order valence-electron chi connectivity index (χ4n) is 3.00. The molecule has 0 aliphatic carbocycles. The third-order valence-corrected chi connectivity index (χ3v) is 4.67. The molecule has 1 aromatic carbocycles. The maximum absolute atomic E-state index is 3.73. The number of hydrogen-bond acceptors (Lipinski definition) is 2. The van der Waals surface area contributed by atoms with E-state index in [9.17, 15) is 0 Å². The zero-order chi connectivity index (χ0) is 15.5. The van der Waals surface area contributed by atoms with E-state index in [0.29, 0.717) is 12.1 Å². The van der Waals surface area contributed by atoms with Gasteiger partial charge in [0.15, 0.2) is 0 Å². The van der Waals surface area contributed by atoms with Crippen LogP contribution in [0.1, 0.15) is 58.6 Å². The maximum Gasteiger partial charge on any atom is 0.0208 e. The van der Waals surface area contributed by atoms with E-state index < -0.39 is 0 Å². The van der Waals surface area contributed by atoms with Gasteiger partial charge in [-0.05, 0) is 56.3 Å². The molecule has 0 bridgehead atoms. The van der Waals surface area contributed by atoms with Crippen LogP contribution in [0.15, 0.2) is 24.3 Å². The number of rotatable bonds is 4. The molecule has 1 aliphatic heterocycles. The number of likely N-dealkylation sites (tertiary alicyclic amines) is 1. The second-order valence-electron chi connectivity index (χ2n) is 7.73. The lowest BCUT2D eigenvalue weighted by molar-refractivity contribution is 0.161. The first-order valence-corrected chi connectivity index (χ1v) is 8.43. The molecule has 0 aromatic heterocycles. The summed E-state index contributed by atoms with van der Waals surface area (Å²) >= 11 is 0. The summed E-state index contributed by atoms with van der Waals surface area (Å²) in [5.74, 6) is 0. The van der Waals surface area contributed by atoms with Crippen LogP contribution in [0, 0.1) is 0 Å². The highest BCUT2D eigenvalue weighted by atomic mass is 15.2. The number of nitrogens with one attached hydrogen (secondary N) is 1. The quantitative estimate of drug-likeness (QED) is 0.902. The maximum atomic E-state index is 3.73. The summed E-state index contributed by atoms with van der Waals surface area (Å²) in [5, 5.41) is 3.73. The Morgan fingerprint density at radius 1 is 1.10 bits per heavy atom. The lowest BCUT2D eigenvalue weighted by Gasteiger charge is -2.35. The van der Waals surface area contributed by atoms with Crippen LogP contribution in [0.3, 0.4) is 0 Å². The van der Waals surface area contributed by atoms with Crippen molar-refractivity contribution >= 4 is 0 Å². The molecule has 0 atom stereocenters. The normalized spacial score (nSPS) is 18.4. The zero-order valence-corrected chi connectivity index (χ0v) is 14.4. The van der Waals surface area contributed by atoms with Gasteiger partial charge in [-0.2, -0.15) is 0 Å². The monoisotopic (exact) mass is 288 g/mol. The van der Waals surface area contributed by atoms with Crippen LogP contribution in [0.2, 0.25) is 0 Å². The molecule has 2 heteroatoms. The van der Waals surface area contributed by atoms with Gasteiger partial charge in [-0.1, -0.05) is 45.0 Å². The van der Waals surface area contributed by atoms with Gasteiger partial charge in [0.25, 0.3) is 0 Å². The molecule has 0 spiro atoms. The van der Waals surface area contributed by atoms with E-state index in [1.807, 2.05) is 0 Å². The van der Waals surface area contributed by atoms with Gasteiger partial charge < -0.3 is 10.2 Å². The standard InChI is InChI=1S/C19H32N2/c1-15(2)21-12-10-18(11-13-21)20-14-16-6-8-17(9-7-16)19(3,4)5/h6-9,15,18,20H,10-14H2,1-5H3. The van der Waals surface area contributed by atoms with Crippen LogP contribution >= 0.6 is 0 Å². The zero-order valence-electron chi connectivity index (χ0n) is 14.4. The van der Waals surface area contributed by atoms with Crippen LogP contribution in [-0.2, 0) is 12.0 Å². The Balaban J connectivity index is 1.79. The van der Waals surface area contributed by atoms with E-state index in [1.165, 1.54) is 37.1 Å². The van der Waals surface area contributed by atoms with E-state index in [0.717, 1.165) is 6.54 Å². The molecule has 1 aliphatic rings. The Kier molecular flexibility index (Phi) is 5.45. The van der Waals surface area contributed by atoms with Crippen molar-refractivity contribution in [2.45, 2.75) is 71.5 Å². The van der Waals surface area contributed by atoms with E-state index in [1.54, 1.807) is 0 Å². The Labute approximate surface area is 130 Å². The number of nitrogens with zero attached hydrogens (tertiary/aromatic N) is 1. The second kappa shape index (κ2) is 6.93. The predicted molar refractivity (Wildman–Crippen MR) is 91.7 cm³/mol. The largest absolute Gasteiger partial charge is 0.310 e. The van der Waals surface area contributed by atoms with E-state index in [4.69, 9.17) is 0 Å². The van der Waals surface area contributed by atoms with E-state index in [-0.39, 0.29) is 5.41 Å². The second-order valence-corrected chi connectivity index (χ2v) is 7.73. The molecule has 0 saturated carbocycles. The van der Waals surface area contributed by atoms with Gasteiger partial charge in [-0.25, -0.2) is 0 Å². The summed E-state index contributed by atoms with van der Waals surface area (Å²) in [6.07, 6.45) is 2.55. The lowest BCUT2D eigenvalue weighted by atomic mass is 9.87. The van der Waals surface area contributed by atoms with Gasteiger partial charge in [0.2, 0.25) is 0 Å². The molecule has 21 heavy (non-hydrogen) atoms. The predicted octanol–water partition coefficient (Wildman–Crippen LogP) is 3.95. The van der Waals surface area contributed by atoms with Crippen molar-refractivity contribution in [1.29, 1.82) is 0 Å². The Morgan fingerprint density at radius 3 is 2.14 bits per heavy atom. The first-order valence-electron chi connectivity index (χ1n) is 8.43. The highest BCUT2D eigenvalue weighted by Crippen LogP contribution is 2.22. The van der Waals surface area contributed by atoms with Crippen molar-refractivity contribution < 1.29 is 0 Å². The first-order chi connectivity index (χ1) is 9.86. The molecule has 1 saturated heterocycles. The fraction of sp³-hybridized carbons (Fsp3) is 0.684. The van der Waals surface area contributed by atoms with E-state index >= 15 is 0 Å². The number of benzene rings is 1. The SMILES string of the molecule is CC(C)N1CCC(NCc2ccc(C(C)(C)C)cc2)CC1. The Bertz CT molecular complexity index is 420.